The van der Waals surface area contributed by atoms with E-state index in [2.05, 4.69) is 43.2 Å². The molecule has 0 aromatic carbocycles. The van der Waals surface area contributed by atoms with Gasteiger partial charge in [0.2, 0.25) is 0 Å². The van der Waals surface area contributed by atoms with Crippen LogP contribution in [0.5, 0.6) is 0 Å². The molecule has 0 saturated carbocycles. The summed E-state index contributed by atoms with van der Waals surface area (Å²) in [5.41, 5.74) is 1.20. The smallest absolute Gasteiger partial charge is 0.336 e. The predicted molar refractivity (Wildman–Crippen MR) is 110 cm³/mol. The van der Waals surface area contributed by atoms with E-state index < -0.39 is 0 Å². The number of hydrogen-bond acceptors (Lipinski definition) is 3. The van der Waals surface area contributed by atoms with E-state index in [4.69, 9.17) is 4.99 Å². The first kappa shape index (κ1) is 22.9. The molecule has 138 valence electrons. The first-order valence-electron chi connectivity index (χ1n) is 9.21. The van der Waals surface area contributed by atoms with Crippen LogP contribution in [-0.2, 0) is 0 Å². The van der Waals surface area contributed by atoms with E-state index in [9.17, 15) is 4.79 Å². The van der Waals surface area contributed by atoms with E-state index in [-0.39, 0.29) is 6.03 Å². The van der Waals surface area contributed by atoms with Gasteiger partial charge in [0.25, 0.3) is 0 Å². The third-order valence-electron chi connectivity index (χ3n) is 3.13. The average Bonchev–Trinajstić information content (AvgIpc) is 2.53. The molecule has 0 rings (SSSR count). The van der Waals surface area contributed by atoms with Gasteiger partial charge in [0, 0.05) is 24.6 Å². The molecule has 2 amide bonds. The molecule has 0 spiro atoms. The van der Waals surface area contributed by atoms with Crippen molar-refractivity contribution in [2.45, 2.75) is 66.7 Å². The van der Waals surface area contributed by atoms with Gasteiger partial charge in [-0.05, 0) is 44.6 Å². The molecule has 5 heteroatoms. The second-order valence-electron chi connectivity index (χ2n) is 6.06. The lowest BCUT2D eigenvalue weighted by Crippen LogP contribution is -2.19. The Hall–Kier alpha value is -1.10. The summed E-state index contributed by atoms with van der Waals surface area (Å²) in [4.78, 5) is 20.3. The summed E-state index contributed by atoms with van der Waals surface area (Å²) in [6, 6.07) is -0.236. The lowest BCUT2D eigenvalue weighted by Gasteiger charge is -2.06. The number of thioether (sulfide) groups is 1. The molecular weight excluding hydrogens is 318 g/mol. The quantitative estimate of drug-likeness (QED) is 0.303. The number of nitrogens with zero attached hydrogens (tertiary/aromatic N) is 2. The van der Waals surface area contributed by atoms with Gasteiger partial charge in [-0.2, -0.15) is 4.99 Å². The highest BCUT2D eigenvalue weighted by Crippen LogP contribution is 2.10. The fourth-order valence-electron chi connectivity index (χ4n) is 1.98. The minimum atomic E-state index is -0.236. The monoisotopic (exact) mass is 353 g/mol. The molecule has 1 N–H and O–H groups in total. The van der Waals surface area contributed by atoms with Crippen molar-refractivity contribution < 1.29 is 4.79 Å². The summed E-state index contributed by atoms with van der Waals surface area (Å²) in [6.45, 7) is 12.0. The van der Waals surface area contributed by atoms with Crippen LogP contribution in [0.4, 0.5) is 4.79 Å². The highest BCUT2D eigenvalue weighted by atomic mass is 32.2. The highest BCUT2D eigenvalue weighted by Gasteiger charge is 2.03. The summed E-state index contributed by atoms with van der Waals surface area (Å²) in [6.07, 6.45) is 9.53. The van der Waals surface area contributed by atoms with Crippen molar-refractivity contribution in [3.63, 3.8) is 0 Å². The number of nitrogens with one attached hydrogen (secondary N) is 1. The number of urea groups is 1. The Balaban J connectivity index is 4.31. The summed E-state index contributed by atoms with van der Waals surface area (Å²) in [5, 5.41) is 3.60. The molecule has 0 atom stereocenters. The number of rotatable bonds is 11. The van der Waals surface area contributed by atoms with Crippen LogP contribution in [0.3, 0.4) is 0 Å². The van der Waals surface area contributed by atoms with Crippen LogP contribution in [0, 0.1) is 5.92 Å². The van der Waals surface area contributed by atoms with E-state index in [1.807, 2.05) is 13.8 Å². The minimum absolute atomic E-state index is 0.236. The summed E-state index contributed by atoms with van der Waals surface area (Å²) in [5.74, 6) is 1.57. The molecule has 0 aliphatic rings. The van der Waals surface area contributed by atoms with E-state index in [1.54, 1.807) is 11.8 Å². The van der Waals surface area contributed by atoms with Crippen molar-refractivity contribution >= 4 is 28.5 Å². The molecule has 0 radical (unpaired) electrons. The van der Waals surface area contributed by atoms with Gasteiger partial charge >= 0.3 is 6.03 Å². The first-order chi connectivity index (χ1) is 11.5. The summed E-state index contributed by atoms with van der Waals surface area (Å²) >= 11 is 1.66. The summed E-state index contributed by atoms with van der Waals surface area (Å²) in [7, 11) is 0. The van der Waals surface area contributed by atoms with Crippen LogP contribution in [0.15, 0.2) is 22.1 Å². The molecule has 0 aromatic rings. The maximum atomic E-state index is 11.5. The maximum absolute atomic E-state index is 11.5. The highest BCUT2D eigenvalue weighted by molar-refractivity contribution is 8.13. The maximum Gasteiger partial charge on any atom is 0.341 e. The molecule has 0 saturated heterocycles. The predicted octanol–water partition coefficient (Wildman–Crippen LogP) is 5.49. The normalized spacial score (nSPS) is 13.1. The van der Waals surface area contributed by atoms with Crippen molar-refractivity contribution in [1.82, 2.24) is 5.32 Å². The van der Waals surface area contributed by atoms with Crippen LogP contribution >= 0.6 is 11.8 Å². The summed E-state index contributed by atoms with van der Waals surface area (Å²) < 4.78 is 0. The second kappa shape index (κ2) is 15.4. The van der Waals surface area contributed by atoms with Crippen LogP contribution in [0.1, 0.15) is 66.7 Å². The van der Waals surface area contributed by atoms with Gasteiger partial charge in [-0.15, -0.1) is 11.8 Å². The van der Waals surface area contributed by atoms with Gasteiger partial charge in [0.15, 0.2) is 0 Å². The number of allylic oxidation sites excluding steroid dienone is 2. The largest absolute Gasteiger partial charge is 0.341 e. The molecular formula is C19H35N3OS. The van der Waals surface area contributed by atoms with Gasteiger partial charge in [0.1, 0.15) is 0 Å². The number of amides is 2. The van der Waals surface area contributed by atoms with Gasteiger partial charge in [-0.25, -0.2) is 4.79 Å². The Labute approximate surface area is 152 Å². The SMILES string of the molecule is CCC/C=C\C(CC(C)C)=NCCCSC(CC)=NC(=O)NCC. The molecule has 4 nitrogen and oxygen atoms in total. The first-order valence-corrected chi connectivity index (χ1v) is 10.2. The van der Waals surface area contributed by atoms with E-state index in [0.717, 1.165) is 43.0 Å². The molecule has 0 unspecified atom stereocenters. The van der Waals surface area contributed by atoms with E-state index in [0.29, 0.717) is 12.5 Å². The number of unbranched alkanes of at least 4 members (excludes halogenated alkanes) is 1. The molecule has 24 heavy (non-hydrogen) atoms. The Morgan fingerprint density at radius 1 is 1.25 bits per heavy atom. The topological polar surface area (TPSA) is 53.8 Å². The van der Waals surface area contributed by atoms with Crippen LogP contribution < -0.4 is 5.32 Å². The van der Waals surface area contributed by atoms with Gasteiger partial charge in [-0.3, -0.25) is 4.99 Å². The Morgan fingerprint density at radius 2 is 2.00 bits per heavy atom. The third kappa shape index (κ3) is 13.3. The molecule has 0 bridgehead atoms. The molecule has 0 aliphatic heterocycles. The lowest BCUT2D eigenvalue weighted by molar-refractivity contribution is 0.250. The minimum Gasteiger partial charge on any atom is -0.336 e. The Bertz CT molecular complexity index is 428. The Morgan fingerprint density at radius 3 is 2.58 bits per heavy atom. The molecule has 0 fully saturated rings. The van der Waals surface area contributed by atoms with Crippen molar-refractivity contribution in [3.8, 4) is 0 Å². The van der Waals surface area contributed by atoms with Crippen molar-refractivity contribution in [2.75, 3.05) is 18.8 Å². The third-order valence-corrected chi connectivity index (χ3v) is 4.33. The van der Waals surface area contributed by atoms with E-state index >= 15 is 0 Å². The van der Waals surface area contributed by atoms with Crippen molar-refractivity contribution in [1.29, 1.82) is 0 Å². The number of carbonyl (C=O) groups is 1. The average molecular weight is 354 g/mol. The van der Waals surface area contributed by atoms with Crippen LogP contribution in [0.25, 0.3) is 0 Å². The van der Waals surface area contributed by atoms with Crippen LogP contribution in [0.2, 0.25) is 0 Å². The van der Waals surface area contributed by atoms with Crippen LogP contribution in [-0.4, -0.2) is 35.6 Å². The zero-order valence-electron chi connectivity index (χ0n) is 16.1. The fraction of sp³-hybridized carbons (Fsp3) is 0.737. The Kier molecular flexibility index (Phi) is 14.7. The second-order valence-corrected chi connectivity index (χ2v) is 7.23. The number of aliphatic imine (C=N–C) groups is 2. The standard InChI is InChI=1S/C19H35N3OS/c1-6-9-10-12-17(15-16(4)5)21-13-11-14-24-18(7-2)22-19(23)20-8-3/h10,12,16H,6-9,11,13-15H2,1-5H3,(H,20,23)/b12-10-,21-17?,22-18?. The molecule has 0 aromatic heterocycles. The van der Waals surface area contributed by atoms with E-state index in [1.165, 1.54) is 12.1 Å². The van der Waals surface area contributed by atoms with Gasteiger partial charge in [0.05, 0.1) is 5.04 Å². The molecule has 0 aliphatic carbocycles. The molecule has 0 heterocycles. The fourth-order valence-corrected chi connectivity index (χ4v) is 2.84. The lowest BCUT2D eigenvalue weighted by atomic mass is 10.1. The van der Waals surface area contributed by atoms with Crippen molar-refractivity contribution in [3.05, 3.63) is 12.2 Å². The van der Waals surface area contributed by atoms with Gasteiger partial charge in [-0.1, -0.05) is 40.2 Å². The number of carbonyl (C=O) groups excluding carboxylic acids is 1. The number of hydrogen-bond donors (Lipinski definition) is 1. The van der Waals surface area contributed by atoms with Gasteiger partial charge < -0.3 is 5.32 Å². The zero-order valence-corrected chi connectivity index (χ0v) is 16.9. The van der Waals surface area contributed by atoms with Crippen molar-refractivity contribution in [2.24, 2.45) is 15.9 Å². The zero-order chi connectivity index (χ0) is 18.2.